The molecule has 3 aromatic rings. The predicted octanol–water partition coefficient (Wildman–Crippen LogP) is 4.72. The van der Waals surface area contributed by atoms with Crippen molar-refractivity contribution in [2.24, 2.45) is 0 Å². The van der Waals surface area contributed by atoms with Gasteiger partial charge in [-0.3, -0.25) is 0 Å². The van der Waals surface area contributed by atoms with Crippen LogP contribution < -0.4 is 5.32 Å². The number of alkyl halides is 3. The number of nitrogens with zero attached hydrogens (tertiary/aromatic N) is 2. The van der Waals surface area contributed by atoms with Crippen molar-refractivity contribution in [2.75, 3.05) is 11.9 Å². The van der Waals surface area contributed by atoms with E-state index in [1.165, 1.54) is 0 Å². The Morgan fingerprint density at radius 1 is 0.923 bits per heavy atom. The Labute approximate surface area is 143 Å². The first kappa shape index (κ1) is 18.0. The first-order chi connectivity index (χ1) is 12.3. The van der Waals surface area contributed by atoms with E-state index in [0.717, 1.165) is 24.5 Å². The second-order valence-corrected chi connectivity index (χ2v) is 5.49. The van der Waals surface area contributed by atoms with E-state index in [-0.39, 0.29) is 35.2 Å². The molecule has 0 radical (unpaired) electrons. The molecular formula is C17H11F6N3. The molecule has 0 aliphatic heterocycles. The number of fused-ring (bicyclic) bond motifs is 1. The van der Waals surface area contributed by atoms with Gasteiger partial charge in [0, 0.05) is 18.0 Å². The summed E-state index contributed by atoms with van der Waals surface area (Å²) in [6.07, 6.45) is -3.48. The van der Waals surface area contributed by atoms with Gasteiger partial charge in [-0.25, -0.2) is 23.1 Å². The first-order valence-electron chi connectivity index (χ1n) is 7.45. The number of halogens is 6. The number of hydrogen-bond acceptors (Lipinski definition) is 3. The fraction of sp³-hybridized carbons (Fsp3) is 0.176. The van der Waals surface area contributed by atoms with E-state index in [1.54, 1.807) is 0 Å². The molecule has 3 nitrogen and oxygen atoms in total. The van der Waals surface area contributed by atoms with Gasteiger partial charge in [-0.15, -0.1) is 0 Å². The van der Waals surface area contributed by atoms with Crippen LogP contribution in [0.4, 0.5) is 32.2 Å². The lowest BCUT2D eigenvalue weighted by Gasteiger charge is -2.11. The van der Waals surface area contributed by atoms with Gasteiger partial charge in [-0.2, -0.15) is 13.2 Å². The third kappa shape index (κ3) is 3.71. The minimum Gasteiger partial charge on any atom is -0.369 e. The summed E-state index contributed by atoms with van der Waals surface area (Å²) in [5.41, 5.74) is -1.08. The molecular weight excluding hydrogens is 360 g/mol. The maximum atomic E-state index is 13.8. The second-order valence-electron chi connectivity index (χ2n) is 5.49. The van der Waals surface area contributed by atoms with Gasteiger partial charge in [0.25, 0.3) is 0 Å². The molecule has 0 atom stereocenters. The Morgan fingerprint density at radius 3 is 2.38 bits per heavy atom. The molecule has 1 heterocycles. The highest BCUT2D eigenvalue weighted by Crippen LogP contribution is 2.30. The fourth-order valence-corrected chi connectivity index (χ4v) is 2.47. The van der Waals surface area contributed by atoms with Gasteiger partial charge in [0.15, 0.2) is 5.82 Å². The molecule has 136 valence electrons. The van der Waals surface area contributed by atoms with Crippen molar-refractivity contribution in [3.63, 3.8) is 0 Å². The Hall–Kier alpha value is -2.84. The number of anilines is 1. The lowest BCUT2D eigenvalue weighted by atomic mass is 10.1. The second kappa shape index (κ2) is 6.81. The largest absolute Gasteiger partial charge is 0.416 e. The van der Waals surface area contributed by atoms with Crippen LogP contribution in [0.2, 0.25) is 0 Å². The van der Waals surface area contributed by atoms with Crippen LogP contribution in [0, 0.1) is 17.5 Å². The topological polar surface area (TPSA) is 37.8 Å². The molecule has 0 aliphatic carbocycles. The normalized spacial score (nSPS) is 11.8. The monoisotopic (exact) mass is 371 g/mol. The van der Waals surface area contributed by atoms with Gasteiger partial charge in [0.1, 0.15) is 29.3 Å². The summed E-state index contributed by atoms with van der Waals surface area (Å²) in [7, 11) is 0. The van der Waals surface area contributed by atoms with E-state index in [2.05, 4.69) is 15.3 Å². The molecule has 0 aliphatic rings. The standard InChI is InChI=1S/C17H11F6N3/c18-11-6-12-15(14(20)7-11)25-8-26-16(12)24-4-3-9-1-2-10(5-13(9)19)17(21,22)23/h1-2,5-8H,3-4H2,(H,24,25,26). The average Bonchev–Trinajstić information content (AvgIpc) is 2.55. The maximum absolute atomic E-state index is 13.8. The fourth-order valence-electron chi connectivity index (χ4n) is 2.47. The average molecular weight is 371 g/mol. The SMILES string of the molecule is Fc1cc(F)c2ncnc(NCCc3ccc(C(F)(F)F)cc3F)c2c1. The molecule has 0 spiro atoms. The van der Waals surface area contributed by atoms with Crippen LogP contribution in [-0.2, 0) is 12.6 Å². The molecule has 0 amide bonds. The van der Waals surface area contributed by atoms with Crippen molar-refractivity contribution in [3.05, 3.63) is 65.2 Å². The first-order valence-corrected chi connectivity index (χ1v) is 7.45. The minimum atomic E-state index is -4.62. The van der Waals surface area contributed by atoms with Crippen molar-refractivity contribution in [2.45, 2.75) is 12.6 Å². The summed E-state index contributed by atoms with van der Waals surface area (Å²) in [4.78, 5) is 7.63. The van der Waals surface area contributed by atoms with Crippen LogP contribution in [0.1, 0.15) is 11.1 Å². The van der Waals surface area contributed by atoms with Crippen molar-refractivity contribution < 1.29 is 26.3 Å². The van der Waals surface area contributed by atoms with Crippen molar-refractivity contribution in [1.29, 1.82) is 0 Å². The van der Waals surface area contributed by atoms with Crippen molar-refractivity contribution in [3.8, 4) is 0 Å². The number of benzene rings is 2. The molecule has 1 aromatic heterocycles. The quantitative estimate of drug-likeness (QED) is 0.675. The molecule has 9 heteroatoms. The van der Waals surface area contributed by atoms with Crippen LogP contribution in [0.3, 0.4) is 0 Å². The molecule has 0 saturated heterocycles. The highest BCUT2D eigenvalue weighted by Gasteiger charge is 2.31. The molecule has 26 heavy (non-hydrogen) atoms. The van der Waals surface area contributed by atoms with Gasteiger partial charge in [-0.1, -0.05) is 6.07 Å². The van der Waals surface area contributed by atoms with E-state index in [4.69, 9.17) is 0 Å². The van der Waals surface area contributed by atoms with Crippen molar-refractivity contribution >= 4 is 16.7 Å². The number of hydrogen-bond donors (Lipinski definition) is 1. The highest BCUT2D eigenvalue weighted by atomic mass is 19.4. The molecule has 0 fully saturated rings. The molecule has 0 saturated carbocycles. The van der Waals surface area contributed by atoms with E-state index in [9.17, 15) is 26.3 Å². The number of nitrogens with one attached hydrogen (secondary N) is 1. The zero-order valence-corrected chi connectivity index (χ0v) is 13.0. The number of aromatic nitrogens is 2. The van der Waals surface area contributed by atoms with Crippen molar-refractivity contribution in [1.82, 2.24) is 9.97 Å². The maximum Gasteiger partial charge on any atom is 0.416 e. The van der Waals surface area contributed by atoms with Crippen LogP contribution >= 0.6 is 0 Å². The van der Waals surface area contributed by atoms with Gasteiger partial charge in [0.05, 0.1) is 5.56 Å². The van der Waals surface area contributed by atoms with Gasteiger partial charge in [-0.05, 0) is 30.2 Å². The Kier molecular flexibility index (Phi) is 4.71. The lowest BCUT2D eigenvalue weighted by molar-refractivity contribution is -0.137. The Morgan fingerprint density at radius 2 is 1.69 bits per heavy atom. The van der Waals surface area contributed by atoms with E-state index in [0.29, 0.717) is 12.1 Å². The third-order valence-corrected chi connectivity index (χ3v) is 3.72. The van der Waals surface area contributed by atoms with E-state index >= 15 is 0 Å². The van der Waals surface area contributed by atoms with E-state index < -0.39 is 29.2 Å². The zero-order valence-electron chi connectivity index (χ0n) is 13.0. The Balaban J connectivity index is 1.76. The molecule has 0 unspecified atom stereocenters. The predicted molar refractivity (Wildman–Crippen MR) is 83.0 cm³/mol. The molecule has 1 N–H and O–H groups in total. The van der Waals surface area contributed by atoms with Crippen LogP contribution in [-0.4, -0.2) is 16.5 Å². The summed E-state index contributed by atoms with van der Waals surface area (Å²) in [5.74, 6) is -2.49. The van der Waals surface area contributed by atoms with Crippen LogP contribution in [0.25, 0.3) is 10.9 Å². The smallest absolute Gasteiger partial charge is 0.369 e. The molecule has 0 bridgehead atoms. The van der Waals surface area contributed by atoms with Crippen LogP contribution in [0.15, 0.2) is 36.7 Å². The lowest BCUT2D eigenvalue weighted by Crippen LogP contribution is -2.10. The van der Waals surface area contributed by atoms with Gasteiger partial charge in [0.2, 0.25) is 0 Å². The summed E-state index contributed by atoms with van der Waals surface area (Å²) in [6, 6.07) is 4.02. The third-order valence-electron chi connectivity index (χ3n) is 3.72. The zero-order chi connectivity index (χ0) is 18.9. The number of rotatable bonds is 4. The Bertz CT molecular complexity index is 955. The summed E-state index contributed by atoms with van der Waals surface area (Å²) < 4.78 is 78.5. The minimum absolute atomic E-state index is 0.0489. The summed E-state index contributed by atoms with van der Waals surface area (Å²) in [5, 5.41) is 2.90. The highest BCUT2D eigenvalue weighted by molar-refractivity contribution is 5.89. The molecule has 2 aromatic carbocycles. The van der Waals surface area contributed by atoms with Gasteiger partial charge < -0.3 is 5.32 Å². The summed E-state index contributed by atoms with van der Waals surface area (Å²) >= 11 is 0. The summed E-state index contributed by atoms with van der Waals surface area (Å²) in [6.45, 7) is 0.0898. The molecule has 3 rings (SSSR count). The van der Waals surface area contributed by atoms with Gasteiger partial charge >= 0.3 is 6.18 Å². The van der Waals surface area contributed by atoms with Crippen LogP contribution in [0.5, 0.6) is 0 Å². The van der Waals surface area contributed by atoms with E-state index in [1.807, 2.05) is 0 Å².